The van der Waals surface area contributed by atoms with Crippen molar-refractivity contribution in [2.24, 2.45) is 11.8 Å². The van der Waals surface area contributed by atoms with Crippen molar-refractivity contribution >= 4 is 10.9 Å². The van der Waals surface area contributed by atoms with Crippen LogP contribution in [0.5, 0.6) is 0 Å². The number of para-hydroxylation sites is 1. The first kappa shape index (κ1) is 14.2. The van der Waals surface area contributed by atoms with Crippen LogP contribution in [0, 0.1) is 11.8 Å². The number of aliphatic hydroxyl groups excluding tert-OH is 1. The molecule has 0 radical (unpaired) electrons. The van der Waals surface area contributed by atoms with Crippen molar-refractivity contribution in [1.82, 2.24) is 9.88 Å². The minimum absolute atomic E-state index is 0.271. The smallest absolute Gasteiger partial charge is 0.0952 e. The fraction of sp³-hybridized carbons (Fsp3) is 0.526. The summed E-state index contributed by atoms with van der Waals surface area (Å²) in [6, 6.07) is 10.4. The molecule has 2 aromatic rings. The molecule has 1 aromatic heterocycles. The molecule has 3 heteroatoms. The Balaban J connectivity index is 1.66. The van der Waals surface area contributed by atoms with Crippen molar-refractivity contribution in [2.75, 3.05) is 13.1 Å². The maximum absolute atomic E-state index is 11.1. The Morgan fingerprint density at radius 2 is 2.18 bits per heavy atom. The number of benzene rings is 1. The number of hydrogen-bond donors (Lipinski definition) is 1. The first-order valence-corrected chi connectivity index (χ1v) is 8.53. The molecule has 4 heterocycles. The molecule has 3 nitrogen and oxygen atoms in total. The summed E-state index contributed by atoms with van der Waals surface area (Å²) in [5.74, 6) is 1.62. The average Bonchev–Trinajstić information content (AvgIpc) is 2.60. The molecule has 1 N–H and O–H groups in total. The summed E-state index contributed by atoms with van der Waals surface area (Å²) >= 11 is 0. The standard InChI is InChI=1S/C19H24N2O/c1-2-13-12-21-10-8-14(13)11-18(21)19(22)16-7-9-20-17-6-4-3-5-15(16)17/h3-7,9,13-14,18-19,22H,2,8,10-12H2,1H3/t13?,14?,18-,19+/m1/s1. The molecule has 0 aliphatic carbocycles. The lowest BCUT2D eigenvalue weighted by Crippen LogP contribution is -2.55. The highest BCUT2D eigenvalue weighted by Crippen LogP contribution is 2.42. The van der Waals surface area contributed by atoms with E-state index in [-0.39, 0.29) is 6.04 Å². The van der Waals surface area contributed by atoms with E-state index in [0.717, 1.165) is 47.8 Å². The Hall–Kier alpha value is -1.45. The van der Waals surface area contributed by atoms with E-state index in [2.05, 4.69) is 22.9 Å². The fourth-order valence-corrected chi connectivity index (χ4v) is 4.55. The Labute approximate surface area is 132 Å². The number of rotatable bonds is 3. The average molecular weight is 296 g/mol. The molecule has 22 heavy (non-hydrogen) atoms. The number of aliphatic hydroxyl groups is 1. The lowest BCUT2D eigenvalue weighted by molar-refractivity contribution is -0.0562. The summed E-state index contributed by atoms with van der Waals surface area (Å²) in [6.07, 6.45) is 5.12. The largest absolute Gasteiger partial charge is 0.387 e. The van der Waals surface area contributed by atoms with Crippen LogP contribution in [0.2, 0.25) is 0 Å². The van der Waals surface area contributed by atoms with Crippen LogP contribution in [-0.4, -0.2) is 34.1 Å². The lowest BCUT2D eigenvalue weighted by Gasteiger charge is -2.51. The summed E-state index contributed by atoms with van der Waals surface area (Å²) in [6.45, 7) is 4.60. The second-order valence-electron chi connectivity index (χ2n) is 6.88. The Morgan fingerprint density at radius 1 is 1.32 bits per heavy atom. The van der Waals surface area contributed by atoms with Crippen molar-refractivity contribution in [2.45, 2.75) is 38.3 Å². The van der Waals surface area contributed by atoms with Gasteiger partial charge in [-0.15, -0.1) is 0 Å². The number of piperidine rings is 3. The number of fused-ring (bicyclic) bond motifs is 4. The van der Waals surface area contributed by atoms with Crippen molar-refractivity contribution < 1.29 is 5.11 Å². The zero-order chi connectivity index (χ0) is 15.1. The summed E-state index contributed by atoms with van der Waals surface area (Å²) in [5.41, 5.74) is 2.01. The Bertz CT molecular complexity index is 666. The van der Waals surface area contributed by atoms with Gasteiger partial charge in [0.25, 0.3) is 0 Å². The number of pyridine rings is 1. The highest BCUT2D eigenvalue weighted by molar-refractivity contribution is 5.82. The van der Waals surface area contributed by atoms with E-state index in [1.807, 2.05) is 30.5 Å². The summed E-state index contributed by atoms with van der Waals surface area (Å²) in [5, 5.41) is 12.1. The highest BCUT2D eigenvalue weighted by atomic mass is 16.3. The molecule has 3 fully saturated rings. The van der Waals surface area contributed by atoms with Gasteiger partial charge in [0.05, 0.1) is 11.6 Å². The molecule has 5 rings (SSSR count). The lowest BCUT2D eigenvalue weighted by atomic mass is 9.72. The van der Waals surface area contributed by atoms with Crippen LogP contribution < -0.4 is 0 Å². The zero-order valence-electron chi connectivity index (χ0n) is 13.2. The molecule has 3 saturated heterocycles. The third kappa shape index (κ3) is 2.24. The van der Waals surface area contributed by atoms with Gasteiger partial charge in [-0.2, -0.15) is 0 Å². The van der Waals surface area contributed by atoms with E-state index in [1.165, 1.54) is 12.8 Å². The van der Waals surface area contributed by atoms with E-state index in [9.17, 15) is 5.11 Å². The fourth-order valence-electron chi connectivity index (χ4n) is 4.55. The third-order valence-corrected chi connectivity index (χ3v) is 5.83. The summed E-state index contributed by atoms with van der Waals surface area (Å²) in [7, 11) is 0. The number of hydrogen-bond acceptors (Lipinski definition) is 3. The molecule has 3 aliphatic heterocycles. The molecule has 2 bridgehead atoms. The molecule has 0 spiro atoms. The van der Waals surface area contributed by atoms with Gasteiger partial charge < -0.3 is 5.11 Å². The maximum Gasteiger partial charge on any atom is 0.0952 e. The highest BCUT2D eigenvalue weighted by Gasteiger charge is 2.42. The Kier molecular flexibility index (Phi) is 3.63. The number of aromatic nitrogens is 1. The third-order valence-electron chi connectivity index (χ3n) is 5.83. The molecule has 0 saturated carbocycles. The number of nitrogens with zero attached hydrogens (tertiary/aromatic N) is 2. The predicted octanol–water partition coefficient (Wildman–Crippen LogP) is 3.39. The molecular formula is C19H24N2O. The van der Waals surface area contributed by atoms with Gasteiger partial charge in [0.1, 0.15) is 0 Å². The van der Waals surface area contributed by atoms with Gasteiger partial charge in [-0.3, -0.25) is 9.88 Å². The molecular weight excluding hydrogens is 272 g/mol. The van der Waals surface area contributed by atoms with Crippen LogP contribution in [0.15, 0.2) is 36.5 Å². The van der Waals surface area contributed by atoms with Crippen molar-refractivity contribution in [3.05, 3.63) is 42.1 Å². The van der Waals surface area contributed by atoms with Crippen LogP contribution >= 0.6 is 0 Å². The van der Waals surface area contributed by atoms with Gasteiger partial charge in [-0.05, 0) is 48.9 Å². The van der Waals surface area contributed by atoms with E-state index >= 15 is 0 Å². The van der Waals surface area contributed by atoms with Crippen molar-refractivity contribution in [3.8, 4) is 0 Å². The second-order valence-corrected chi connectivity index (χ2v) is 6.88. The first-order valence-electron chi connectivity index (χ1n) is 8.53. The van der Waals surface area contributed by atoms with Crippen molar-refractivity contribution in [3.63, 3.8) is 0 Å². The van der Waals surface area contributed by atoms with Crippen LogP contribution in [-0.2, 0) is 0 Å². The molecule has 5 atom stereocenters. The molecule has 0 amide bonds. The topological polar surface area (TPSA) is 36.4 Å². The van der Waals surface area contributed by atoms with E-state index in [1.54, 1.807) is 0 Å². The normalized spacial score (nSPS) is 32.3. The molecule has 1 aromatic carbocycles. The van der Waals surface area contributed by atoms with E-state index < -0.39 is 6.10 Å². The van der Waals surface area contributed by atoms with Gasteiger partial charge in [0.15, 0.2) is 0 Å². The molecule has 3 unspecified atom stereocenters. The van der Waals surface area contributed by atoms with Crippen LogP contribution in [0.4, 0.5) is 0 Å². The minimum Gasteiger partial charge on any atom is -0.387 e. The Morgan fingerprint density at radius 3 is 2.95 bits per heavy atom. The van der Waals surface area contributed by atoms with Crippen LogP contribution in [0.25, 0.3) is 10.9 Å². The quantitative estimate of drug-likeness (QED) is 0.943. The summed E-state index contributed by atoms with van der Waals surface area (Å²) < 4.78 is 0. The van der Waals surface area contributed by atoms with Crippen LogP contribution in [0.3, 0.4) is 0 Å². The van der Waals surface area contributed by atoms with Gasteiger partial charge in [-0.25, -0.2) is 0 Å². The van der Waals surface area contributed by atoms with Gasteiger partial charge in [0, 0.05) is 24.2 Å². The second kappa shape index (κ2) is 5.64. The molecule has 3 aliphatic rings. The van der Waals surface area contributed by atoms with Gasteiger partial charge >= 0.3 is 0 Å². The van der Waals surface area contributed by atoms with Crippen molar-refractivity contribution in [1.29, 1.82) is 0 Å². The maximum atomic E-state index is 11.1. The predicted molar refractivity (Wildman–Crippen MR) is 88.6 cm³/mol. The minimum atomic E-state index is -0.409. The first-order chi connectivity index (χ1) is 10.8. The summed E-state index contributed by atoms with van der Waals surface area (Å²) in [4.78, 5) is 6.94. The van der Waals surface area contributed by atoms with Gasteiger partial charge in [0.2, 0.25) is 0 Å². The zero-order valence-corrected chi connectivity index (χ0v) is 13.2. The van der Waals surface area contributed by atoms with E-state index in [0.29, 0.717) is 0 Å². The SMILES string of the molecule is CCC1CN2CCC1C[C@@H]2[C@@H](O)c1ccnc2ccccc12. The monoisotopic (exact) mass is 296 g/mol. The molecule has 116 valence electrons. The van der Waals surface area contributed by atoms with Gasteiger partial charge in [-0.1, -0.05) is 31.5 Å². The van der Waals surface area contributed by atoms with Crippen LogP contribution in [0.1, 0.15) is 37.9 Å². The van der Waals surface area contributed by atoms with E-state index in [4.69, 9.17) is 0 Å².